The van der Waals surface area contributed by atoms with E-state index >= 15 is 0 Å². The Morgan fingerprint density at radius 1 is 1.05 bits per heavy atom. The SMILES string of the molecule is O=C/C(=C/Cc1ccc(O)cc1)c1ccc(Cl)cc1. The van der Waals surface area contributed by atoms with Crippen LogP contribution in [0.4, 0.5) is 0 Å². The monoisotopic (exact) mass is 272 g/mol. The molecule has 2 aromatic carbocycles. The Morgan fingerprint density at radius 2 is 1.68 bits per heavy atom. The zero-order valence-electron chi connectivity index (χ0n) is 10.2. The molecule has 0 saturated heterocycles. The number of aromatic hydroxyl groups is 1. The summed E-state index contributed by atoms with van der Waals surface area (Å²) in [6.07, 6.45) is 3.34. The van der Waals surface area contributed by atoms with Gasteiger partial charge in [0.15, 0.2) is 0 Å². The van der Waals surface area contributed by atoms with Gasteiger partial charge in [-0.15, -0.1) is 0 Å². The molecular weight excluding hydrogens is 260 g/mol. The largest absolute Gasteiger partial charge is 0.508 e. The number of benzene rings is 2. The highest BCUT2D eigenvalue weighted by Crippen LogP contribution is 2.17. The van der Waals surface area contributed by atoms with E-state index in [9.17, 15) is 9.90 Å². The highest BCUT2D eigenvalue weighted by Gasteiger charge is 2.00. The molecule has 1 N–H and O–H groups in total. The highest BCUT2D eigenvalue weighted by molar-refractivity contribution is 6.30. The molecular formula is C16H13ClO2. The van der Waals surface area contributed by atoms with Gasteiger partial charge in [0.05, 0.1) is 0 Å². The second-order valence-corrected chi connectivity index (χ2v) is 4.59. The van der Waals surface area contributed by atoms with Crippen LogP contribution in [0.5, 0.6) is 5.75 Å². The summed E-state index contributed by atoms with van der Waals surface area (Å²) in [5.74, 6) is 0.237. The van der Waals surface area contributed by atoms with Crippen LogP contribution < -0.4 is 0 Å². The third kappa shape index (κ3) is 3.70. The molecule has 0 radical (unpaired) electrons. The number of carbonyl (C=O) groups excluding carboxylic acids is 1. The standard InChI is InChI=1S/C16H13ClO2/c17-15-7-5-13(6-8-15)14(11-18)4-1-12-2-9-16(19)10-3-12/h2-11,19H,1H2/b14-4-. The van der Waals surface area contributed by atoms with Crippen molar-refractivity contribution in [1.29, 1.82) is 0 Å². The summed E-state index contributed by atoms with van der Waals surface area (Å²) < 4.78 is 0. The molecule has 0 amide bonds. The number of allylic oxidation sites excluding steroid dienone is 2. The van der Waals surface area contributed by atoms with Crippen molar-refractivity contribution >= 4 is 23.5 Å². The molecule has 0 aromatic heterocycles. The highest BCUT2D eigenvalue weighted by atomic mass is 35.5. The zero-order valence-corrected chi connectivity index (χ0v) is 11.0. The van der Waals surface area contributed by atoms with Gasteiger partial charge in [-0.05, 0) is 41.8 Å². The van der Waals surface area contributed by atoms with Crippen LogP contribution in [-0.2, 0) is 11.2 Å². The molecule has 2 rings (SSSR count). The lowest BCUT2D eigenvalue weighted by Crippen LogP contribution is -1.88. The smallest absolute Gasteiger partial charge is 0.150 e. The fourth-order valence-electron chi connectivity index (χ4n) is 1.74. The van der Waals surface area contributed by atoms with E-state index in [1.807, 2.05) is 30.3 Å². The minimum Gasteiger partial charge on any atom is -0.508 e. The third-order valence-corrected chi connectivity index (χ3v) is 3.05. The zero-order chi connectivity index (χ0) is 13.7. The van der Waals surface area contributed by atoms with Crippen LogP contribution in [0.3, 0.4) is 0 Å². The second kappa shape index (κ2) is 6.21. The summed E-state index contributed by atoms with van der Waals surface area (Å²) in [7, 11) is 0. The molecule has 0 aliphatic heterocycles. The van der Waals surface area contributed by atoms with Crippen molar-refractivity contribution in [3.05, 3.63) is 70.8 Å². The Hall–Kier alpha value is -2.06. The summed E-state index contributed by atoms with van der Waals surface area (Å²) in [4.78, 5) is 11.1. The van der Waals surface area contributed by atoms with Gasteiger partial charge in [0.25, 0.3) is 0 Å². The normalized spacial score (nSPS) is 11.3. The number of rotatable bonds is 4. The van der Waals surface area contributed by atoms with Crippen molar-refractivity contribution in [3.63, 3.8) is 0 Å². The third-order valence-electron chi connectivity index (χ3n) is 2.80. The minimum atomic E-state index is 0.237. The van der Waals surface area contributed by atoms with Crippen LogP contribution in [0.1, 0.15) is 11.1 Å². The molecule has 0 spiro atoms. The van der Waals surface area contributed by atoms with E-state index < -0.39 is 0 Å². The minimum absolute atomic E-state index is 0.237. The summed E-state index contributed by atoms with van der Waals surface area (Å²) in [5, 5.41) is 9.85. The van der Waals surface area contributed by atoms with Crippen LogP contribution in [0.15, 0.2) is 54.6 Å². The fraction of sp³-hybridized carbons (Fsp3) is 0.0625. The van der Waals surface area contributed by atoms with Crippen LogP contribution in [-0.4, -0.2) is 11.4 Å². The van der Waals surface area contributed by atoms with Gasteiger partial charge >= 0.3 is 0 Å². The molecule has 0 bridgehead atoms. The number of halogens is 1. The molecule has 0 aliphatic carbocycles. The average molecular weight is 273 g/mol. The van der Waals surface area contributed by atoms with E-state index in [0.717, 1.165) is 17.4 Å². The predicted octanol–water partition coefficient (Wildman–Crippen LogP) is 3.87. The Kier molecular flexibility index (Phi) is 4.37. The van der Waals surface area contributed by atoms with Gasteiger partial charge in [-0.25, -0.2) is 0 Å². The Labute approximate surface area is 117 Å². The van der Waals surface area contributed by atoms with Gasteiger partial charge in [0.2, 0.25) is 0 Å². The molecule has 0 saturated carbocycles. The van der Waals surface area contributed by atoms with E-state index in [1.165, 1.54) is 0 Å². The van der Waals surface area contributed by atoms with Crippen molar-refractivity contribution in [1.82, 2.24) is 0 Å². The first-order chi connectivity index (χ1) is 9.19. The topological polar surface area (TPSA) is 37.3 Å². The van der Waals surface area contributed by atoms with E-state index in [0.29, 0.717) is 17.0 Å². The number of carbonyl (C=O) groups is 1. The van der Waals surface area contributed by atoms with Crippen molar-refractivity contribution in [2.75, 3.05) is 0 Å². The molecule has 0 heterocycles. The summed E-state index contributed by atoms with van der Waals surface area (Å²) in [5.41, 5.74) is 2.51. The van der Waals surface area contributed by atoms with Crippen molar-refractivity contribution < 1.29 is 9.90 Å². The summed E-state index contributed by atoms with van der Waals surface area (Å²) in [6.45, 7) is 0. The van der Waals surface area contributed by atoms with Gasteiger partial charge in [-0.3, -0.25) is 4.79 Å². The average Bonchev–Trinajstić information content (AvgIpc) is 2.43. The Morgan fingerprint density at radius 3 is 2.26 bits per heavy atom. The van der Waals surface area contributed by atoms with E-state index in [4.69, 9.17) is 11.6 Å². The molecule has 0 aliphatic rings. The maximum Gasteiger partial charge on any atom is 0.150 e. The van der Waals surface area contributed by atoms with Crippen molar-refractivity contribution in [3.8, 4) is 5.75 Å². The van der Waals surface area contributed by atoms with Crippen molar-refractivity contribution in [2.24, 2.45) is 0 Å². The lowest BCUT2D eigenvalue weighted by molar-refractivity contribution is -0.103. The molecule has 0 fully saturated rings. The van der Waals surface area contributed by atoms with Gasteiger partial charge in [-0.1, -0.05) is 41.9 Å². The lowest BCUT2D eigenvalue weighted by atomic mass is 10.0. The van der Waals surface area contributed by atoms with Gasteiger partial charge < -0.3 is 5.11 Å². The number of aldehydes is 1. The first-order valence-electron chi connectivity index (χ1n) is 5.88. The maximum absolute atomic E-state index is 11.1. The molecule has 0 atom stereocenters. The van der Waals surface area contributed by atoms with Crippen LogP contribution in [0.25, 0.3) is 5.57 Å². The van der Waals surface area contributed by atoms with E-state index in [-0.39, 0.29) is 5.75 Å². The number of hydrogen-bond donors (Lipinski definition) is 1. The van der Waals surface area contributed by atoms with Crippen LogP contribution in [0.2, 0.25) is 5.02 Å². The Bertz CT molecular complexity index is 583. The molecule has 19 heavy (non-hydrogen) atoms. The fourth-order valence-corrected chi connectivity index (χ4v) is 1.86. The van der Waals surface area contributed by atoms with Crippen molar-refractivity contribution in [2.45, 2.75) is 6.42 Å². The van der Waals surface area contributed by atoms with Gasteiger partial charge in [0, 0.05) is 10.6 Å². The summed E-state index contributed by atoms with van der Waals surface area (Å²) in [6, 6.07) is 14.1. The molecule has 96 valence electrons. The quantitative estimate of drug-likeness (QED) is 0.678. The first-order valence-corrected chi connectivity index (χ1v) is 6.26. The number of phenolic OH excluding ortho intramolecular Hbond substituents is 1. The second-order valence-electron chi connectivity index (χ2n) is 4.15. The van der Waals surface area contributed by atoms with Gasteiger partial charge in [-0.2, -0.15) is 0 Å². The predicted molar refractivity (Wildman–Crippen MR) is 77.3 cm³/mol. The molecule has 3 heteroatoms. The molecule has 0 unspecified atom stereocenters. The van der Waals surface area contributed by atoms with Crippen LogP contribution >= 0.6 is 11.6 Å². The number of phenols is 1. The number of hydrogen-bond acceptors (Lipinski definition) is 2. The first kappa shape index (κ1) is 13.4. The van der Waals surface area contributed by atoms with E-state index in [1.54, 1.807) is 24.3 Å². The molecule has 2 aromatic rings. The Balaban J connectivity index is 2.17. The van der Waals surface area contributed by atoms with E-state index in [2.05, 4.69) is 0 Å². The van der Waals surface area contributed by atoms with Gasteiger partial charge in [0.1, 0.15) is 12.0 Å². The maximum atomic E-state index is 11.1. The lowest BCUT2D eigenvalue weighted by Gasteiger charge is -2.02. The summed E-state index contributed by atoms with van der Waals surface area (Å²) >= 11 is 5.82. The molecule has 2 nitrogen and oxygen atoms in total. The van der Waals surface area contributed by atoms with Crippen LogP contribution in [0, 0.1) is 0 Å².